The van der Waals surface area contributed by atoms with E-state index in [2.05, 4.69) is 53.9 Å². The molecule has 3 heteroatoms. The van der Waals surface area contributed by atoms with Crippen molar-refractivity contribution in [1.82, 2.24) is 0 Å². The first kappa shape index (κ1) is 15.4. The van der Waals surface area contributed by atoms with Gasteiger partial charge in [0, 0.05) is 5.22 Å². The van der Waals surface area contributed by atoms with Gasteiger partial charge < -0.3 is 4.43 Å². The van der Waals surface area contributed by atoms with E-state index in [1.165, 1.54) is 12.8 Å². The van der Waals surface area contributed by atoms with Gasteiger partial charge in [-0.3, -0.25) is 0 Å². The molecule has 0 aliphatic carbocycles. The van der Waals surface area contributed by atoms with Crippen LogP contribution in [0.5, 0.6) is 0 Å². The number of rotatable bonds is 6. The summed E-state index contributed by atoms with van der Waals surface area (Å²) in [6.45, 7) is 18.8. The monoisotopic (exact) mass is 246 g/mol. The fourth-order valence-corrected chi connectivity index (χ4v) is 6.99. The van der Waals surface area contributed by atoms with Gasteiger partial charge >= 0.3 is 0 Å². The lowest BCUT2D eigenvalue weighted by molar-refractivity contribution is 0.150. The first-order chi connectivity index (χ1) is 6.69. The summed E-state index contributed by atoms with van der Waals surface area (Å²) in [5.41, 5.74) is 0.760. The molecule has 0 aromatic heterocycles. The Morgan fingerprint density at radius 2 is 1.73 bits per heavy atom. The van der Waals surface area contributed by atoms with Crippen molar-refractivity contribution in [2.45, 2.75) is 77.5 Å². The Bertz CT molecular complexity index is 192. The third kappa shape index (κ3) is 4.04. The van der Waals surface area contributed by atoms with Crippen molar-refractivity contribution in [1.29, 1.82) is 0 Å². The highest BCUT2D eigenvalue weighted by Crippen LogP contribution is 2.32. The minimum absolute atomic E-state index is 0.207. The van der Waals surface area contributed by atoms with Crippen LogP contribution in [0.4, 0.5) is 0 Å². The van der Waals surface area contributed by atoms with Crippen LogP contribution < -0.4 is 0 Å². The average Bonchev–Trinajstić information content (AvgIpc) is 2.15. The van der Waals surface area contributed by atoms with E-state index in [0.29, 0.717) is 0 Å². The molecular formula is C12H30OSi2. The maximum atomic E-state index is 6.59. The molecule has 0 aliphatic rings. The van der Waals surface area contributed by atoms with Crippen LogP contribution in [0.3, 0.4) is 0 Å². The highest BCUT2D eigenvalue weighted by Gasteiger charge is 2.38. The smallest absolute Gasteiger partial charge is 0.189 e. The van der Waals surface area contributed by atoms with Crippen molar-refractivity contribution in [3.63, 3.8) is 0 Å². The third-order valence-electron chi connectivity index (χ3n) is 4.22. The highest BCUT2D eigenvalue weighted by atomic mass is 28.4. The summed E-state index contributed by atoms with van der Waals surface area (Å²) in [6, 6.07) is 0. The van der Waals surface area contributed by atoms with Crippen LogP contribution in [0.25, 0.3) is 0 Å². The van der Waals surface area contributed by atoms with Crippen LogP contribution in [-0.4, -0.2) is 22.3 Å². The van der Waals surface area contributed by atoms with Gasteiger partial charge in [0.2, 0.25) is 0 Å². The minimum atomic E-state index is -1.49. The SMILES string of the molecule is CCC(C)[Si](C)(C)O[C@](C)(CC)[SiH](C)C. The second-order valence-electron chi connectivity index (χ2n) is 5.84. The predicted octanol–water partition coefficient (Wildman–Crippen LogP) is 4.20. The molecule has 0 radical (unpaired) electrons. The van der Waals surface area contributed by atoms with E-state index in [9.17, 15) is 0 Å². The van der Waals surface area contributed by atoms with Crippen LogP contribution in [0.1, 0.15) is 40.5 Å². The Morgan fingerprint density at radius 1 is 1.27 bits per heavy atom. The first-order valence-corrected chi connectivity index (χ1v) is 12.3. The highest BCUT2D eigenvalue weighted by molar-refractivity contribution is 6.74. The molecule has 0 spiro atoms. The summed E-state index contributed by atoms with van der Waals surface area (Å²) in [5, 5.41) is 0.207. The summed E-state index contributed by atoms with van der Waals surface area (Å²) in [5.74, 6) is 0. The van der Waals surface area contributed by atoms with Gasteiger partial charge in [-0.1, -0.05) is 40.3 Å². The van der Waals surface area contributed by atoms with Crippen molar-refractivity contribution in [2.75, 3.05) is 0 Å². The van der Waals surface area contributed by atoms with Gasteiger partial charge in [0.1, 0.15) is 0 Å². The van der Waals surface area contributed by atoms with Crippen molar-refractivity contribution in [3.8, 4) is 0 Å². The normalized spacial score (nSPS) is 19.0. The average molecular weight is 247 g/mol. The lowest BCUT2D eigenvalue weighted by Gasteiger charge is -2.42. The molecule has 0 bridgehead atoms. The summed E-state index contributed by atoms with van der Waals surface area (Å²) in [7, 11) is -2.23. The van der Waals surface area contributed by atoms with E-state index in [4.69, 9.17) is 4.43 Å². The molecule has 0 saturated carbocycles. The molecule has 0 aromatic carbocycles. The van der Waals surface area contributed by atoms with Crippen LogP contribution in [0, 0.1) is 0 Å². The van der Waals surface area contributed by atoms with E-state index >= 15 is 0 Å². The van der Waals surface area contributed by atoms with Crippen molar-refractivity contribution in [3.05, 3.63) is 0 Å². The molecule has 15 heavy (non-hydrogen) atoms. The van der Waals surface area contributed by atoms with E-state index in [1.807, 2.05) is 0 Å². The molecule has 92 valence electrons. The van der Waals surface area contributed by atoms with Crippen LogP contribution >= 0.6 is 0 Å². The van der Waals surface area contributed by atoms with Gasteiger partial charge in [0.25, 0.3) is 0 Å². The Morgan fingerprint density at radius 3 is 2.00 bits per heavy atom. The van der Waals surface area contributed by atoms with E-state index in [0.717, 1.165) is 5.54 Å². The molecule has 2 atom stereocenters. The van der Waals surface area contributed by atoms with Crippen LogP contribution in [0.15, 0.2) is 0 Å². The largest absolute Gasteiger partial charge is 0.415 e. The molecule has 0 rings (SSSR count). The van der Waals surface area contributed by atoms with Gasteiger partial charge in [-0.05, 0) is 32.0 Å². The fourth-order valence-electron chi connectivity index (χ4n) is 1.79. The maximum Gasteiger partial charge on any atom is 0.189 e. The summed E-state index contributed by atoms with van der Waals surface area (Å²) in [6.07, 6.45) is 2.42. The zero-order valence-electron chi connectivity index (χ0n) is 12.0. The van der Waals surface area contributed by atoms with Gasteiger partial charge in [-0.2, -0.15) is 0 Å². The van der Waals surface area contributed by atoms with Crippen LogP contribution in [0.2, 0.25) is 31.7 Å². The Balaban J connectivity index is 4.67. The Kier molecular flexibility index (Phi) is 5.79. The van der Waals surface area contributed by atoms with Crippen molar-refractivity contribution >= 4 is 17.1 Å². The number of hydrogen-bond acceptors (Lipinski definition) is 1. The van der Waals surface area contributed by atoms with Gasteiger partial charge in [-0.15, -0.1) is 0 Å². The quantitative estimate of drug-likeness (QED) is 0.638. The second kappa shape index (κ2) is 5.64. The van der Waals surface area contributed by atoms with Crippen molar-refractivity contribution < 1.29 is 4.43 Å². The standard InChI is InChI=1S/C12H30OSi2/c1-9-11(3)15(7,8)13-12(4,10-2)14(5)6/h11,14H,9-10H2,1-8H3/t11?,12-/m0/s1. The lowest BCUT2D eigenvalue weighted by atomic mass is 10.3. The Labute approximate surface area is 99.3 Å². The van der Waals surface area contributed by atoms with Gasteiger partial charge in [0.15, 0.2) is 8.32 Å². The molecule has 1 unspecified atom stereocenters. The maximum absolute atomic E-state index is 6.59. The molecule has 0 aromatic rings. The molecule has 0 saturated heterocycles. The Hall–Kier alpha value is 0.394. The van der Waals surface area contributed by atoms with Crippen LogP contribution in [-0.2, 0) is 4.43 Å². The lowest BCUT2D eigenvalue weighted by Crippen LogP contribution is -2.51. The minimum Gasteiger partial charge on any atom is -0.415 e. The molecule has 0 N–H and O–H groups in total. The zero-order valence-corrected chi connectivity index (χ0v) is 14.1. The molecule has 0 aliphatic heterocycles. The number of hydrogen-bond donors (Lipinski definition) is 0. The van der Waals surface area contributed by atoms with Gasteiger partial charge in [-0.25, -0.2) is 0 Å². The molecule has 0 heterocycles. The second-order valence-corrected chi connectivity index (χ2v) is 13.8. The summed E-state index contributed by atoms with van der Waals surface area (Å²) >= 11 is 0. The zero-order chi connectivity index (χ0) is 12.3. The van der Waals surface area contributed by atoms with E-state index in [1.54, 1.807) is 0 Å². The van der Waals surface area contributed by atoms with E-state index < -0.39 is 17.1 Å². The molecule has 0 fully saturated rings. The topological polar surface area (TPSA) is 9.23 Å². The van der Waals surface area contributed by atoms with E-state index in [-0.39, 0.29) is 5.22 Å². The first-order valence-electron chi connectivity index (χ1n) is 6.39. The third-order valence-corrected chi connectivity index (χ3v) is 11.2. The van der Waals surface area contributed by atoms with Crippen molar-refractivity contribution in [2.24, 2.45) is 0 Å². The summed E-state index contributed by atoms with van der Waals surface area (Å²) < 4.78 is 6.59. The predicted molar refractivity (Wildman–Crippen MR) is 75.9 cm³/mol. The fraction of sp³-hybridized carbons (Fsp3) is 1.00. The molecular weight excluding hydrogens is 216 g/mol. The van der Waals surface area contributed by atoms with Gasteiger partial charge in [0.05, 0.1) is 8.80 Å². The molecule has 0 amide bonds. The molecule has 1 nitrogen and oxygen atoms in total. The summed E-state index contributed by atoms with van der Waals surface area (Å²) in [4.78, 5) is 0.